The number of nitrogens with zero attached hydrogens (tertiary/aromatic N) is 4. The summed E-state index contributed by atoms with van der Waals surface area (Å²) in [6.07, 6.45) is 1.11. The zero-order chi connectivity index (χ0) is 23.4. The fraction of sp³-hybridized carbons (Fsp3) is 0.320. The second kappa shape index (κ2) is 9.87. The van der Waals surface area contributed by atoms with Gasteiger partial charge >= 0.3 is 11.9 Å². The third-order valence-electron chi connectivity index (χ3n) is 5.88. The lowest BCUT2D eigenvalue weighted by atomic mass is 10.0. The van der Waals surface area contributed by atoms with Crippen molar-refractivity contribution in [2.75, 3.05) is 52.3 Å². The lowest BCUT2D eigenvalue weighted by molar-refractivity contribution is 0.0549. The summed E-state index contributed by atoms with van der Waals surface area (Å²) in [6.45, 7) is 4.05. The molecule has 0 aliphatic carbocycles. The van der Waals surface area contributed by atoms with Crippen LogP contribution in [0.3, 0.4) is 0 Å². The van der Waals surface area contributed by atoms with E-state index in [-0.39, 0.29) is 11.3 Å². The summed E-state index contributed by atoms with van der Waals surface area (Å²) in [5.41, 5.74) is 2.95. The highest BCUT2D eigenvalue weighted by Crippen LogP contribution is 2.30. The number of likely N-dealkylation sites (N-methyl/N-ethyl adjacent to an activating group) is 1. The summed E-state index contributed by atoms with van der Waals surface area (Å²) < 4.78 is 11.4. The van der Waals surface area contributed by atoms with Gasteiger partial charge in [0.2, 0.25) is 0 Å². The molecule has 0 radical (unpaired) electrons. The first-order chi connectivity index (χ1) is 16.0. The molecule has 2 aromatic carbocycles. The number of carbonyl (C=O) groups excluding carboxylic acids is 2. The molecule has 0 unspecified atom stereocenters. The molecule has 8 heteroatoms. The van der Waals surface area contributed by atoms with Gasteiger partial charge in [0.25, 0.3) is 0 Å². The molecule has 0 spiro atoms. The summed E-state index contributed by atoms with van der Waals surface area (Å²) in [5, 5.41) is 4.65. The van der Waals surface area contributed by atoms with Gasteiger partial charge in [-0.3, -0.25) is 0 Å². The van der Waals surface area contributed by atoms with Crippen molar-refractivity contribution < 1.29 is 19.1 Å². The van der Waals surface area contributed by atoms with Gasteiger partial charge in [0.1, 0.15) is 11.3 Å². The van der Waals surface area contributed by atoms with Crippen molar-refractivity contribution >= 4 is 17.6 Å². The van der Waals surface area contributed by atoms with Crippen LogP contribution >= 0.6 is 0 Å². The molecule has 0 atom stereocenters. The Morgan fingerprint density at radius 1 is 0.818 bits per heavy atom. The summed E-state index contributed by atoms with van der Waals surface area (Å²) in [7, 11) is 4.70. The van der Waals surface area contributed by atoms with Gasteiger partial charge in [0.15, 0.2) is 5.69 Å². The minimum atomic E-state index is -0.664. The van der Waals surface area contributed by atoms with Crippen molar-refractivity contribution in [3.8, 4) is 16.9 Å². The molecule has 172 valence electrons. The van der Waals surface area contributed by atoms with Crippen LogP contribution in [0.15, 0.2) is 54.6 Å². The fourth-order valence-corrected chi connectivity index (χ4v) is 4.09. The monoisotopic (exact) mass is 448 g/mol. The van der Waals surface area contributed by atoms with E-state index in [9.17, 15) is 9.59 Å². The second-order valence-electron chi connectivity index (χ2n) is 7.99. The molecule has 1 fully saturated rings. The SMILES string of the molecule is COC(=O)c1c(-c2ccc(N3CCCN(C)CC3)cc2)nn(-c2ccccc2)c1C(=O)OC. The third kappa shape index (κ3) is 4.61. The highest BCUT2D eigenvalue weighted by Gasteiger charge is 2.31. The predicted octanol–water partition coefficient (Wildman–Crippen LogP) is 3.25. The van der Waals surface area contributed by atoms with E-state index in [4.69, 9.17) is 9.47 Å². The molecule has 1 saturated heterocycles. The van der Waals surface area contributed by atoms with E-state index in [2.05, 4.69) is 21.9 Å². The van der Waals surface area contributed by atoms with E-state index in [1.54, 1.807) is 0 Å². The predicted molar refractivity (Wildman–Crippen MR) is 126 cm³/mol. The molecule has 1 aliphatic heterocycles. The largest absolute Gasteiger partial charge is 0.465 e. The van der Waals surface area contributed by atoms with Crippen LogP contribution in [0.5, 0.6) is 0 Å². The number of aromatic nitrogens is 2. The third-order valence-corrected chi connectivity index (χ3v) is 5.88. The lowest BCUT2D eigenvalue weighted by Gasteiger charge is -2.23. The Kier molecular flexibility index (Phi) is 6.74. The second-order valence-corrected chi connectivity index (χ2v) is 7.99. The molecule has 8 nitrogen and oxygen atoms in total. The summed E-state index contributed by atoms with van der Waals surface area (Å²) in [4.78, 5) is 30.2. The zero-order valence-electron chi connectivity index (χ0n) is 19.2. The van der Waals surface area contributed by atoms with Crippen molar-refractivity contribution in [1.82, 2.24) is 14.7 Å². The van der Waals surface area contributed by atoms with Gasteiger partial charge in [-0.15, -0.1) is 0 Å². The maximum Gasteiger partial charge on any atom is 0.357 e. The Morgan fingerprint density at radius 2 is 1.52 bits per heavy atom. The molecule has 0 N–H and O–H groups in total. The normalized spacial score (nSPS) is 14.6. The number of benzene rings is 2. The maximum atomic E-state index is 12.8. The number of hydrogen-bond donors (Lipinski definition) is 0. The molecule has 33 heavy (non-hydrogen) atoms. The number of anilines is 1. The number of methoxy groups -OCH3 is 2. The molecule has 0 saturated carbocycles. The van der Waals surface area contributed by atoms with E-state index in [1.807, 2.05) is 54.6 Å². The quantitative estimate of drug-likeness (QED) is 0.555. The van der Waals surface area contributed by atoms with Gasteiger partial charge in [0.05, 0.1) is 19.9 Å². The Balaban J connectivity index is 1.79. The molecular weight excluding hydrogens is 420 g/mol. The molecule has 3 aromatic rings. The highest BCUT2D eigenvalue weighted by molar-refractivity contribution is 6.06. The van der Waals surface area contributed by atoms with Gasteiger partial charge in [0, 0.05) is 30.9 Å². The smallest absolute Gasteiger partial charge is 0.357 e. The number of ether oxygens (including phenoxy) is 2. The number of rotatable bonds is 5. The summed E-state index contributed by atoms with van der Waals surface area (Å²) in [5.74, 6) is -1.31. The van der Waals surface area contributed by atoms with Crippen LogP contribution in [-0.2, 0) is 9.47 Å². The number of esters is 2. The number of para-hydroxylation sites is 1. The lowest BCUT2D eigenvalue weighted by Crippen LogP contribution is -2.28. The Bertz CT molecular complexity index is 1130. The van der Waals surface area contributed by atoms with E-state index in [1.165, 1.54) is 18.9 Å². The molecule has 4 rings (SSSR count). The Hall–Kier alpha value is -3.65. The Morgan fingerprint density at radius 3 is 2.18 bits per heavy atom. The van der Waals surface area contributed by atoms with E-state index >= 15 is 0 Å². The molecule has 0 bridgehead atoms. The van der Waals surface area contributed by atoms with Crippen molar-refractivity contribution in [1.29, 1.82) is 0 Å². The molecular formula is C25H28N4O4. The van der Waals surface area contributed by atoms with Crippen LogP contribution in [0, 0.1) is 0 Å². The minimum absolute atomic E-state index is 0.0326. The van der Waals surface area contributed by atoms with E-state index in [0.717, 1.165) is 38.3 Å². The van der Waals surface area contributed by atoms with Crippen molar-refractivity contribution in [3.05, 3.63) is 65.9 Å². The average Bonchev–Trinajstić information content (AvgIpc) is 3.13. The first-order valence-corrected chi connectivity index (χ1v) is 10.9. The standard InChI is InChI=1S/C25H28N4O4/c1-27-14-7-15-28(17-16-27)19-12-10-18(11-13-19)22-21(24(30)32-2)23(25(31)33-3)29(26-22)20-8-5-4-6-9-20/h4-6,8-13H,7,14-17H2,1-3H3. The van der Waals surface area contributed by atoms with Crippen LogP contribution in [0.25, 0.3) is 16.9 Å². The topological polar surface area (TPSA) is 76.9 Å². The Labute approximate surface area is 193 Å². The van der Waals surface area contributed by atoms with Crippen molar-refractivity contribution in [2.45, 2.75) is 6.42 Å². The van der Waals surface area contributed by atoms with E-state index in [0.29, 0.717) is 16.9 Å². The minimum Gasteiger partial charge on any atom is -0.465 e. The number of carbonyl (C=O) groups is 2. The van der Waals surface area contributed by atoms with Crippen molar-refractivity contribution in [2.24, 2.45) is 0 Å². The van der Waals surface area contributed by atoms with Crippen LogP contribution in [-0.4, -0.2) is 74.1 Å². The molecule has 2 heterocycles. The van der Waals surface area contributed by atoms with Crippen LogP contribution in [0.1, 0.15) is 27.3 Å². The van der Waals surface area contributed by atoms with Crippen molar-refractivity contribution in [3.63, 3.8) is 0 Å². The average molecular weight is 449 g/mol. The maximum absolute atomic E-state index is 12.8. The first kappa shape index (κ1) is 22.5. The van der Waals surface area contributed by atoms with Gasteiger partial charge in [-0.25, -0.2) is 14.3 Å². The van der Waals surface area contributed by atoms with E-state index < -0.39 is 11.9 Å². The fourth-order valence-electron chi connectivity index (χ4n) is 4.09. The number of hydrogen-bond acceptors (Lipinski definition) is 7. The van der Waals surface area contributed by atoms with Crippen LogP contribution in [0.2, 0.25) is 0 Å². The van der Waals surface area contributed by atoms with Crippen LogP contribution in [0.4, 0.5) is 5.69 Å². The summed E-state index contributed by atoms with van der Waals surface area (Å²) >= 11 is 0. The highest BCUT2D eigenvalue weighted by atomic mass is 16.5. The zero-order valence-corrected chi connectivity index (χ0v) is 19.2. The van der Waals surface area contributed by atoms with Gasteiger partial charge in [-0.1, -0.05) is 30.3 Å². The van der Waals surface area contributed by atoms with Gasteiger partial charge in [-0.05, 0) is 44.3 Å². The molecule has 1 aromatic heterocycles. The van der Waals surface area contributed by atoms with Crippen LogP contribution < -0.4 is 4.90 Å². The van der Waals surface area contributed by atoms with Gasteiger partial charge < -0.3 is 19.3 Å². The molecule has 0 amide bonds. The first-order valence-electron chi connectivity index (χ1n) is 10.9. The summed E-state index contributed by atoms with van der Waals surface area (Å²) in [6, 6.07) is 17.1. The molecule has 1 aliphatic rings. The van der Waals surface area contributed by atoms with Gasteiger partial charge in [-0.2, -0.15) is 5.10 Å².